The number of hydroxylamine groups is 2. The summed E-state index contributed by atoms with van der Waals surface area (Å²) in [5, 5.41) is 24.3. The molecule has 13 heteroatoms. The quantitative estimate of drug-likeness (QED) is 0.172. The minimum Gasteiger partial charge on any atom is -0.508 e. The van der Waals surface area contributed by atoms with E-state index >= 15 is 0 Å². The van der Waals surface area contributed by atoms with E-state index in [4.69, 9.17) is 4.74 Å². The van der Waals surface area contributed by atoms with Crippen LogP contribution >= 0.6 is 0 Å². The van der Waals surface area contributed by atoms with E-state index < -0.39 is 69.8 Å². The van der Waals surface area contributed by atoms with Crippen LogP contribution in [-0.4, -0.2) is 72.1 Å². The summed E-state index contributed by atoms with van der Waals surface area (Å²) in [4.78, 5) is 50.0. The lowest BCUT2D eigenvalue weighted by molar-refractivity contribution is -0.163. The van der Waals surface area contributed by atoms with Crippen molar-refractivity contribution in [2.75, 3.05) is 12.9 Å². The summed E-state index contributed by atoms with van der Waals surface area (Å²) in [6.45, 7) is 8.57. The minimum absolute atomic E-state index is 0.0136. The molecule has 0 spiro atoms. The van der Waals surface area contributed by atoms with Crippen molar-refractivity contribution in [3.05, 3.63) is 24.3 Å². The van der Waals surface area contributed by atoms with Gasteiger partial charge < -0.3 is 20.5 Å². The number of nitrogens with zero attached hydrogens (tertiary/aromatic N) is 1. The second kappa shape index (κ2) is 13.4. The van der Waals surface area contributed by atoms with E-state index in [1.165, 1.54) is 7.05 Å². The topological polar surface area (TPSA) is 179 Å². The highest BCUT2D eigenvalue weighted by Gasteiger charge is 2.32. The summed E-state index contributed by atoms with van der Waals surface area (Å²) in [6, 6.07) is 3.29. The van der Waals surface area contributed by atoms with Crippen LogP contribution in [0.2, 0.25) is 0 Å². The first-order valence-corrected chi connectivity index (χ1v) is 13.3. The summed E-state index contributed by atoms with van der Waals surface area (Å²) >= 11 is 0. The average Bonchev–Trinajstić information content (AvgIpc) is 2.75. The standard InChI is InChI=1S/C24H37N3O9S/c1-15(2)11-16(22(31)26-19(23(32)25-6)13-21(30)36-24(3,4)5)12-20(29)27(33)14-37(34,35)18-9-7-17(28)8-10-18/h7-10,15-16,19,28,33H,11-14H2,1-6H3,(H,25,32)(H,26,31)/t16-,19+/m1/s1. The number of hydrogen-bond donors (Lipinski definition) is 4. The number of sulfone groups is 1. The maximum absolute atomic E-state index is 13.0. The molecule has 12 nitrogen and oxygen atoms in total. The van der Waals surface area contributed by atoms with Gasteiger partial charge in [-0.3, -0.25) is 24.4 Å². The van der Waals surface area contributed by atoms with Crippen LogP contribution in [0.4, 0.5) is 0 Å². The molecule has 1 aromatic rings. The number of phenols is 1. The number of likely N-dealkylation sites (N-methyl/N-ethyl adjacent to an activating group) is 1. The molecule has 0 bridgehead atoms. The average molecular weight is 544 g/mol. The Balaban J connectivity index is 2.98. The van der Waals surface area contributed by atoms with Gasteiger partial charge >= 0.3 is 5.97 Å². The van der Waals surface area contributed by atoms with E-state index in [-0.39, 0.29) is 28.0 Å². The van der Waals surface area contributed by atoms with E-state index in [1.807, 2.05) is 0 Å². The maximum Gasteiger partial charge on any atom is 0.308 e. The highest BCUT2D eigenvalue weighted by atomic mass is 32.2. The van der Waals surface area contributed by atoms with Crippen LogP contribution in [0.3, 0.4) is 0 Å². The third kappa shape index (κ3) is 11.2. The SMILES string of the molecule is CNC(=O)[C@H](CC(=O)OC(C)(C)C)NC(=O)[C@@H](CC(=O)N(O)CS(=O)(=O)c1ccc(O)cc1)CC(C)C. The lowest BCUT2D eigenvalue weighted by atomic mass is 9.92. The largest absolute Gasteiger partial charge is 0.508 e. The molecule has 37 heavy (non-hydrogen) atoms. The van der Waals surface area contributed by atoms with Crippen LogP contribution in [0.25, 0.3) is 0 Å². The Bertz CT molecular complexity index is 1060. The van der Waals surface area contributed by atoms with Crippen molar-refractivity contribution in [1.29, 1.82) is 0 Å². The van der Waals surface area contributed by atoms with Crippen molar-refractivity contribution in [2.45, 2.75) is 70.4 Å². The smallest absolute Gasteiger partial charge is 0.308 e. The van der Waals surface area contributed by atoms with Gasteiger partial charge in [0.2, 0.25) is 17.7 Å². The van der Waals surface area contributed by atoms with Crippen LogP contribution < -0.4 is 10.6 Å². The fourth-order valence-corrected chi connectivity index (χ4v) is 4.52. The molecule has 0 heterocycles. The van der Waals surface area contributed by atoms with Crippen molar-refractivity contribution < 1.29 is 42.6 Å². The van der Waals surface area contributed by atoms with E-state index in [0.29, 0.717) is 0 Å². The Labute approximate surface area is 217 Å². The van der Waals surface area contributed by atoms with Crippen LogP contribution in [0.5, 0.6) is 5.75 Å². The monoisotopic (exact) mass is 543 g/mol. The number of esters is 1. The molecule has 0 saturated heterocycles. The summed E-state index contributed by atoms with van der Waals surface area (Å²) in [7, 11) is -2.79. The number of rotatable bonds is 12. The van der Waals surface area contributed by atoms with Gasteiger partial charge in [0.25, 0.3) is 0 Å². The summed E-state index contributed by atoms with van der Waals surface area (Å²) < 4.78 is 30.2. The number of carbonyl (C=O) groups is 4. The van der Waals surface area contributed by atoms with Crippen molar-refractivity contribution >= 4 is 33.5 Å². The lowest BCUT2D eigenvalue weighted by Crippen LogP contribution is -2.50. The first-order valence-electron chi connectivity index (χ1n) is 11.7. The number of amides is 3. The van der Waals surface area contributed by atoms with Crippen molar-refractivity contribution in [3.8, 4) is 5.75 Å². The predicted octanol–water partition coefficient (Wildman–Crippen LogP) is 1.36. The van der Waals surface area contributed by atoms with Gasteiger partial charge in [0.1, 0.15) is 17.4 Å². The van der Waals surface area contributed by atoms with E-state index in [9.17, 15) is 37.9 Å². The van der Waals surface area contributed by atoms with E-state index in [0.717, 1.165) is 24.3 Å². The molecule has 0 saturated carbocycles. The van der Waals surface area contributed by atoms with Gasteiger partial charge in [-0.05, 0) is 57.4 Å². The van der Waals surface area contributed by atoms with Gasteiger partial charge in [-0.15, -0.1) is 0 Å². The molecule has 3 amide bonds. The van der Waals surface area contributed by atoms with Gasteiger partial charge in [0, 0.05) is 19.4 Å². The Morgan fingerprint density at radius 3 is 2.08 bits per heavy atom. The fraction of sp³-hybridized carbons (Fsp3) is 0.583. The molecular formula is C24H37N3O9S. The Morgan fingerprint density at radius 2 is 1.59 bits per heavy atom. The molecule has 0 unspecified atom stereocenters. The number of aromatic hydroxyl groups is 1. The highest BCUT2D eigenvalue weighted by molar-refractivity contribution is 7.91. The molecule has 2 atom stereocenters. The summed E-state index contributed by atoms with van der Waals surface area (Å²) in [6.07, 6.45) is -0.802. The second-order valence-corrected chi connectivity index (χ2v) is 12.0. The van der Waals surface area contributed by atoms with Gasteiger partial charge in [-0.25, -0.2) is 13.5 Å². The first kappa shape index (κ1) is 31.8. The fourth-order valence-electron chi connectivity index (χ4n) is 3.35. The third-order valence-electron chi connectivity index (χ3n) is 4.99. The highest BCUT2D eigenvalue weighted by Crippen LogP contribution is 2.20. The van der Waals surface area contributed by atoms with Crippen LogP contribution in [0.15, 0.2) is 29.2 Å². The predicted molar refractivity (Wildman–Crippen MR) is 133 cm³/mol. The van der Waals surface area contributed by atoms with Gasteiger partial charge in [-0.2, -0.15) is 0 Å². The Hall–Kier alpha value is -3.19. The van der Waals surface area contributed by atoms with Gasteiger partial charge in [0.05, 0.1) is 11.3 Å². The van der Waals surface area contributed by atoms with Crippen LogP contribution in [0.1, 0.15) is 53.9 Å². The molecule has 0 aromatic heterocycles. The number of hydrogen-bond acceptors (Lipinski definition) is 9. The van der Waals surface area contributed by atoms with Crippen LogP contribution in [-0.2, 0) is 33.8 Å². The Kier molecular flexibility index (Phi) is 11.5. The van der Waals surface area contributed by atoms with Crippen molar-refractivity contribution in [1.82, 2.24) is 15.7 Å². The van der Waals surface area contributed by atoms with Gasteiger partial charge in [-0.1, -0.05) is 13.8 Å². The zero-order valence-corrected chi connectivity index (χ0v) is 22.8. The number of nitrogens with one attached hydrogen (secondary N) is 2. The molecule has 0 fully saturated rings. The van der Waals surface area contributed by atoms with E-state index in [1.54, 1.807) is 34.6 Å². The molecule has 0 aliphatic rings. The number of benzene rings is 1. The number of carbonyl (C=O) groups excluding carboxylic acids is 4. The second-order valence-electron chi connectivity index (χ2n) is 10.0. The molecule has 1 aromatic carbocycles. The van der Waals surface area contributed by atoms with Crippen molar-refractivity contribution in [3.63, 3.8) is 0 Å². The summed E-state index contributed by atoms with van der Waals surface area (Å²) in [5.41, 5.74) is -0.800. The number of ether oxygens (including phenoxy) is 1. The third-order valence-corrected chi connectivity index (χ3v) is 6.57. The zero-order valence-electron chi connectivity index (χ0n) is 22.0. The van der Waals surface area contributed by atoms with Crippen LogP contribution in [0, 0.1) is 11.8 Å². The molecule has 0 radical (unpaired) electrons. The molecule has 1 rings (SSSR count). The summed E-state index contributed by atoms with van der Waals surface area (Å²) in [5.74, 6) is -5.39. The molecule has 0 aliphatic carbocycles. The molecular weight excluding hydrogens is 506 g/mol. The zero-order chi connectivity index (χ0) is 28.6. The van der Waals surface area contributed by atoms with E-state index in [2.05, 4.69) is 10.6 Å². The first-order chi connectivity index (χ1) is 16.9. The molecule has 208 valence electrons. The molecule has 4 N–H and O–H groups in total. The minimum atomic E-state index is -4.12. The Morgan fingerprint density at radius 1 is 1.03 bits per heavy atom. The van der Waals surface area contributed by atoms with Gasteiger partial charge in [0.15, 0.2) is 15.7 Å². The molecule has 0 aliphatic heterocycles. The number of phenolic OH excluding ortho intramolecular Hbond substituents is 1. The lowest BCUT2D eigenvalue weighted by Gasteiger charge is -2.25. The van der Waals surface area contributed by atoms with Crippen molar-refractivity contribution in [2.24, 2.45) is 11.8 Å². The maximum atomic E-state index is 13.0. The normalized spacial score (nSPS) is 13.4.